The molecule has 0 radical (unpaired) electrons. The molecule has 0 aliphatic heterocycles. The van der Waals surface area contributed by atoms with Crippen molar-refractivity contribution in [3.8, 4) is 0 Å². The van der Waals surface area contributed by atoms with Crippen molar-refractivity contribution in [3.63, 3.8) is 0 Å². The minimum atomic E-state index is -0.131. The van der Waals surface area contributed by atoms with Gasteiger partial charge in [0, 0.05) is 39.0 Å². The van der Waals surface area contributed by atoms with Gasteiger partial charge in [-0.15, -0.1) is 0 Å². The molecule has 0 aliphatic rings. The third kappa shape index (κ3) is 2.90. The Kier molecular flexibility index (Phi) is 3.79. The molecule has 0 aromatic carbocycles. The predicted octanol–water partition coefficient (Wildman–Crippen LogP) is 0.712. The van der Waals surface area contributed by atoms with E-state index in [1.807, 2.05) is 18.2 Å². The first-order chi connectivity index (χ1) is 9.09. The van der Waals surface area contributed by atoms with Crippen LogP contribution in [-0.2, 0) is 13.5 Å². The number of aryl methyl sites for hydroxylation is 1. The van der Waals surface area contributed by atoms with E-state index in [1.165, 1.54) is 10.9 Å². The highest BCUT2D eigenvalue weighted by molar-refractivity contribution is 5.97. The first kappa shape index (κ1) is 13.1. The van der Waals surface area contributed by atoms with Gasteiger partial charge in [0.05, 0.1) is 11.9 Å². The number of hydrogen-bond donors (Lipinski definition) is 1. The van der Waals surface area contributed by atoms with E-state index in [2.05, 4.69) is 10.1 Å². The first-order valence-electron chi connectivity index (χ1n) is 6.02. The summed E-state index contributed by atoms with van der Waals surface area (Å²) in [6, 6.07) is 5.74. The molecule has 1 amide bonds. The number of nitrogens with two attached hydrogens (primary N) is 1. The molecule has 6 nitrogen and oxygen atoms in total. The van der Waals surface area contributed by atoms with Crippen LogP contribution in [0, 0.1) is 0 Å². The van der Waals surface area contributed by atoms with E-state index in [9.17, 15) is 4.79 Å². The van der Waals surface area contributed by atoms with E-state index in [0.717, 1.165) is 5.69 Å². The maximum atomic E-state index is 12.2. The molecule has 100 valence electrons. The first-order valence-corrected chi connectivity index (χ1v) is 6.02. The molecule has 0 saturated carbocycles. The summed E-state index contributed by atoms with van der Waals surface area (Å²) in [6.45, 7) is 0.584. The van der Waals surface area contributed by atoms with Gasteiger partial charge in [0.2, 0.25) is 0 Å². The third-order valence-corrected chi connectivity index (χ3v) is 2.95. The lowest BCUT2D eigenvalue weighted by Crippen LogP contribution is -2.31. The van der Waals surface area contributed by atoms with Crippen LogP contribution in [0.4, 0.5) is 5.69 Å². The van der Waals surface area contributed by atoms with Crippen LogP contribution in [0.5, 0.6) is 0 Å². The molecule has 0 fully saturated rings. The van der Waals surface area contributed by atoms with E-state index in [-0.39, 0.29) is 5.91 Å². The second-order valence-corrected chi connectivity index (χ2v) is 4.37. The number of aromatic nitrogens is 3. The summed E-state index contributed by atoms with van der Waals surface area (Å²) in [5.74, 6) is -0.131. The molecule has 2 N–H and O–H groups in total. The van der Waals surface area contributed by atoms with Crippen LogP contribution >= 0.6 is 0 Å². The van der Waals surface area contributed by atoms with Gasteiger partial charge in [-0.1, -0.05) is 6.07 Å². The highest BCUT2D eigenvalue weighted by Crippen LogP contribution is 2.12. The average molecular weight is 259 g/mol. The van der Waals surface area contributed by atoms with Crippen LogP contribution < -0.4 is 5.73 Å². The van der Waals surface area contributed by atoms with Gasteiger partial charge >= 0.3 is 0 Å². The average Bonchev–Trinajstić information content (AvgIpc) is 2.76. The number of pyridine rings is 1. The van der Waals surface area contributed by atoms with Crippen molar-refractivity contribution >= 4 is 11.6 Å². The zero-order valence-electron chi connectivity index (χ0n) is 11.1. The van der Waals surface area contributed by atoms with Crippen LogP contribution in [-0.4, -0.2) is 39.2 Å². The van der Waals surface area contributed by atoms with Crippen LogP contribution in [0.1, 0.15) is 16.2 Å². The van der Waals surface area contributed by atoms with Gasteiger partial charge in [0.1, 0.15) is 5.69 Å². The Morgan fingerprint density at radius 1 is 1.47 bits per heavy atom. The molecule has 0 spiro atoms. The monoisotopic (exact) mass is 259 g/mol. The lowest BCUT2D eigenvalue weighted by atomic mass is 10.2. The van der Waals surface area contributed by atoms with E-state index in [1.54, 1.807) is 25.2 Å². The number of likely N-dealkylation sites (N-methyl/N-ethyl adjacent to an activating group) is 1. The Bertz CT molecular complexity index is 544. The van der Waals surface area contributed by atoms with Crippen molar-refractivity contribution in [2.45, 2.75) is 6.42 Å². The van der Waals surface area contributed by atoms with E-state index < -0.39 is 0 Å². The summed E-state index contributed by atoms with van der Waals surface area (Å²) in [4.78, 5) is 18.1. The number of carbonyl (C=O) groups excluding carboxylic acids is 1. The van der Waals surface area contributed by atoms with Gasteiger partial charge in [-0.25, -0.2) is 0 Å². The molecule has 2 rings (SSSR count). The molecule has 2 heterocycles. The topological polar surface area (TPSA) is 77.0 Å². The van der Waals surface area contributed by atoms with E-state index >= 15 is 0 Å². The molecule has 0 aliphatic carbocycles. The highest BCUT2D eigenvalue weighted by atomic mass is 16.2. The van der Waals surface area contributed by atoms with Crippen molar-refractivity contribution in [1.82, 2.24) is 19.7 Å². The maximum Gasteiger partial charge on any atom is 0.274 e. The SMILES string of the molecule is CN(CCc1ccccn1)C(=O)c1c(N)cnn1C. The van der Waals surface area contributed by atoms with Crippen molar-refractivity contribution < 1.29 is 4.79 Å². The molecular weight excluding hydrogens is 242 g/mol. The number of amides is 1. The van der Waals surface area contributed by atoms with Crippen LogP contribution in [0.15, 0.2) is 30.6 Å². The largest absolute Gasteiger partial charge is 0.396 e. The van der Waals surface area contributed by atoms with Crippen molar-refractivity contribution in [1.29, 1.82) is 0 Å². The van der Waals surface area contributed by atoms with Crippen LogP contribution in [0.25, 0.3) is 0 Å². The Morgan fingerprint density at radius 3 is 2.84 bits per heavy atom. The Labute approximate surface area is 111 Å². The second kappa shape index (κ2) is 5.51. The summed E-state index contributed by atoms with van der Waals surface area (Å²) in [5.41, 5.74) is 7.52. The fourth-order valence-electron chi connectivity index (χ4n) is 1.83. The number of anilines is 1. The molecule has 0 unspecified atom stereocenters. The van der Waals surface area contributed by atoms with Gasteiger partial charge in [-0.3, -0.25) is 14.5 Å². The van der Waals surface area contributed by atoms with Gasteiger partial charge in [0.15, 0.2) is 0 Å². The number of rotatable bonds is 4. The van der Waals surface area contributed by atoms with Gasteiger partial charge in [-0.05, 0) is 12.1 Å². The molecular formula is C13H17N5O. The number of nitrogen functional groups attached to an aromatic ring is 1. The number of nitrogens with zero attached hydrogens (tertiary/aromatic N) is 4. The maximum absolute atomic E-state index is 12.2. The molecule has 0 saturated heterocycles. The minimum absolute atomic E-state index is 0.131. The quantitative estimate of drug-likeness (QED) is 0.877. The molecule has 6 heteroatoms. The second-order valence-electron chi connectivity index (χ2n) is 4.37. The van der Waals surface area contributed by atoms with Crippen molar-refractivity contribution in [2.75, 3.05) is 19.3 Å². The molecule has 0 bridgehead atoms. The van der Waals surface area contributed by atoms with Gasteiger partial charge < -0.3 is 10.6 Å². The standard InChI is InChI=1S/C13H17N5O/c1-17(8-6-10-5-3-4-7-15-10)13(19)12-11(14)9-16-18(12)2/h3-5,7,9H,6,8,14H2,1-2H3. The molecule has 0 atom stereocenters. The Balaban J connectivity index is 2.01. The Hall–Kier alpha value is -2.37. The fraction of sp³-hybridized carbons (Fsp3) is 0.308. The Morgan fingerprint density at radius 2 is 2.26 bits per heavy atom. The summed E-state index contributed by atoms with van der Waals surface area (Å²) < 4.78 is 1.49. The van der Waals surface area contributed by atoms with Crippen molar-refractivity contribution in [2.24, 2.45) is 7.05 Å². The van der Waals surface area contributed by atoms with E-state index in [4.69, 9.17) is 5.73 Å². The van der Waals surface area contributed by atoms with Crippen LogP contribution in [0.2, 0.25) is 0 Å². The summed E-state index contributed by atoms with van der Waals surface area (Å²) >= 11 is 0. The van der Waals surface area contributed by atoms with Crippen molar-refractivity contribution in [3.05, 3.63) is 42.0 Å². The van der Waals surface area contributed by atoms with Crippen LogP contribution in [0.3, 0.4) is 0 Å². The highest BCUT2D eigenvalue weighted by Gasteiger charge is 2.18. The fourth-order valence-corrected chi connectivity index (χ4v) is 1.83. The lowest BCUT2D eigenvalue weighted by Gasteiger charge is -2.17. The van der Waals surface area contributed by atoms with Gasteiger partial charge in [-0.2, -0.15) is 5.10 Å². The van der Waals surface area contributed by atoms with Gasteiger partial charge in [0.25, 0.3) is 5.91 Å². The number of hydrogen-bond acceptors (Lipinski definition) is 4. The summed E-state index contributed by atoms with van der Waals surface area (Å²) in [5, 5.41) is 3.97. The summed E-state index contributed by atoms with van der Waals surface area (Å²) in [7, 11) is 3.45. The van der Waals surface area contributed by atoms with E-state index in [0.29, 0.717) is 24.3 Å². The minimum Gasteiger partial charge on any atom is -0.396 e. The summed E-state index contributed by atoms with van der Waals surface area (Å²) in [6.07, 6.45) is 3.94. The zero-order chi connectivity index (χ0) is 13.8. The zero-order valence-corrected chi connectivity index (χ0v) is 11.1. The number of carbonyl (C=O) groups is 1. The predicted molar refractivity (Wildman–Crippen MR) is 72.5 cm³/mol. The smallest absolute Gasteiger partial charge is 0.274 e. The normalized spacial score (nSPS) is 10.4. The molecule has 19 heavy (non-hydrogen) atoms. The lowest BCUT2D eigenvalue weighted by molar-refractivity contribution is 0.0786. The molecule has 2 aromatic heterocycles. The third-order valence-electron chi connectivity index (χ3n) is 2.95. The molecule has 2 aromatic rings.